The number of nitrogens with two attached hydrogens (primary N) is 1. The number of methoxy groups -OCH3 is 2. The van der Waals surface area contributed by atoms with Gasteiger partial charge in [0.05, 0.1) is 30.8 Å². The van der Waals surface area contributed by atoms with Gasteiger partial charge in [-0.2, -0.15) is 0 Å². The fourth-order valence-electron chi connectivity index (χ4n) is 2.88. The molecule has 1 aromatic carbocycles. The number of ether oxygens (including phenoxy) is 2. The largest absolute Gasteiger partial charge is 0.496 e. The quantitative estimate of drug-likeness (QED) is 0.870. The van der Waals surface area contributed by atoms with Crippen LogP contribution in [-0.2, 0) is 17.3 Å². The van der Waals surface area contributed by atoms with Gasteiger partial charge in [-0.15, -0.1) is 0 Å². The Labute approximate surface area is 122 Å². The van der Waals surface area contributed by atoms with Gasteiger partial charge in [0.2, 0.25) is 0 Å². The van der Waals surface area contributed by atoms with Crippen LogP contribution in [0, 0.1) is 0 Å². The van der Waals surface area contributed by atoms with E-state index in [0.29, 0.717) is 11.3 Å². The number of nitrogens with zero attached hydrogens (tertiary/aromatic N) is 2. The topological polar surface area (TPSA) is 79.4 Å². The summed E-state index contributed by atoms with van der Waals surface area (Å²) in [6.07, 6.45) is 2.99. The van der Waals surface area contributed by atoms with Crippen LogP contribution in [0.25, 0.3) is 11.0 Å². The number of carbonyl (C=O) groups is 1. The number of rotatable bonds is 3. The molecule has 0 radical (unpaired) electrons. The van der Waals surface area contributed by atoms with Crippen LogP contribution in [0.3, 0.4) is 0 Å². The minimum Gasteiger partial charge on any atom is -0.496 e. The maximum Gasteiger partial charge on any atom is 0.341 e. The average molecular weight is 289 g/mol. The van der Waals surface area contributed by atoms with Crippen molar-refractivity contribution in [2.45, 2.75) is 24.8 Å². The first kappa shape index (κ1) is 13.9. The highest BCUT2D eigenvalue weighted by Crippen LogP contribution is 2.39. The van der Waals surface area contributed by atoms with Crippen LogP contribution in [0.4, 0.5) is 0 Å². The lowest BCUT2D eigenvalue weighted by atomic mass is 9.77. The number of fused-ring (bicyclic) bond motifs is 1. The molecule has 0 aliphatic heterocycles. The molecule has 3 rings (SSSR count). The maximum absolute atomic E-state index is 11.9. The van der Waals surface area contributed by atoms with Crippen LogP contribution in [0.5, 0.6) is 5.75 Å². The zero-order valence-corrected chi connectivity index (χ0v) is 12.5. The molecule has 0 spiro atoms. The molecule has 112 valence electrons. The number of hydrogen-bond acceptors (Lipinski definition) is 5. The van der Waals surface area contributed by atoms with Crippen LogP contribution in [-0.4, -0.2) is 29.7 Å². The number of esters is 1. The predicted octanol–water partition coefficient (Wildman–Crippen LogP) is 1.71. The summed E-state index contributed by atoms with van der Waals surface area (Å²) >= 11 is 0. The maximum atomic E-state index is 11.9. The van der Waals surface area contributed by atoms with Gasteiger partial charge in [0.25, 0.3) is 0 Å². The fraction of sp³-hybridized carbons (Fsp3) is 0.467. The van der Waals surface area contributed by atoms with Crippen molar-refractivity contribution in [3.05, 3.63) is 23.5 Å². The van der Waals surface area contributed by atoms with E-state index in [2.05, 4.69) is 4.98 Å². The Morgan fingerprint density at radius 1 is 1.38 bits per heavy atom. The molecule has 1 aromatic heterocycles. The highest BCUT2D eigenvalue weighted by molar-refractivity contribution is 5.97. The summed E-state index contributed by atoms with van der Waals surface area (Å²) in [5, 5.41) is 0. The molecule has 1 fully saturated rings. The minimum atomic E-state index is -0.428. The molecule has 1 aliphatic rings. The van der Waals surface area contributed by atoms with Crippen molar-refractivity contribution in [3.8, 4) is 5.75 Å². The second-order valence-corrected chi connectivity index (χ2v) is 5.54. The Morgan fingerprint density at radius 2 is 2.10 bits per heavy atom. The first-order valence-corrected chi connectivity index (χ1v) is 6.92. The Balaban J connectivity index is 2.20. The molecule has 0 bridgehead atoms. The number of benzene rings is 1. The lowest BCUT2D eigenvalue weighted by Gasteiger charge is -2.37. The van der Waals surface area contributed by atoms with Crippen molar-refractivity contribution < 1.29 is 14.3 Å². The minimum absolute atomic E-state index is 0.355. The van der Waals surface area contributed by atoms with Crippen LogP contribution in [0.1, 0.15) is 35.4 Å². The highest BCUT2D eigenvalue weighted by Gasteiger charge is 2.38. The molecule has 2 aromatic rings. The Kier molecular flexibility index (Phi) is 3.13. The van der Waals surface area contributed by atoms with Gasteiger partial charge in [-0.25, -0.2) is 9.78 Å². The second-order valence-electron chi connectivity index (χ2n) is 5.54. The summed E-state index contributed by atoms with van der Waals surface area (Å²) in [6, 6.07) is 3.51. The molecule has 2 N–H and O–H groups in total. The van der Waals surface area contributed by atoms with Crippen molar-refractivity contribution in [1.82, 2.24) is 9.55 Å². The zero-order chi connectivity index (χ0) is 15.2. The van der Waals surface area contributed by atoms with Crippen LogP contribution >= 0.6 is 0 Å². The van der Waals surface area contributed by atoms with Crippen molar-refractivity contribution >= 4 is 17.0 Å². The average Bonchev–Trinajstić information content (AvgIpc) is 2.79. The number of aromatic nitrogens is 2. The summed E-state index contributed by atoms with van der Waals surface area (Å²) in [7, 11) is 4.79. The normalized spacial score (nSPS) is 16.6. The van der Waals surface area contributed by atoms with Gasteiger partial charge in [-0.1, -0.05) is 0 Å². The Hall–Kier alpha value is -2.08. The number of imidazole rings is 1. The summed E-state index contributed by atoms with van der Waals surface area (Å²) in [4.78, 5) is 16.5. The number of carbonyl (C=O) groups excluding carboxylic acids is 1. The van der Waals surface area contributed by atoms with E-state index in [0.717, 1.165) is 36.1 Å². The van der Waals surface area contributed by atoms with Gasteiger partial charge in [0.15, 0.2) is 0 Å². The van der Waals surface area contributed by atoms with Crippen molar-refractivity contribution in [2.24, 2.45) is 12.8 Å². The van der Waals surface area contributed by atoms with Gasteiger partial charge >= 0.3 is 5.97 Å². The zero-order valence-electron chi connectivity index (χ0n) is 12.5. The highest BCUT2D eigenvalue weighted by atomic mass is 16.5. The third kappa shape index (κ3) is 1.98. The summed E-state index contributed by atoms with van der Waals surface area (Å²) < 4.78 is 12.0. The van der Waals surface area contributed by atoms with Crippen molar-refractivity contribution in [2.75, 3.05) is 14.2 Å². The van der Waals surface area contributed by atoms with E-state index < -0.39 is 5.97 Å². The van der Waals surface area contributed by atoms with Gasteiger partial charge in [0, 0.05) is 13.1 Å². The van der Waals surface area contributed by atoms with Crippen LogP contribution in [0.15, 0.2) is 12.1 Å². The molecule has 21 heavy (non-hydrogen) atoms. The van der Waals surface area contributed by atoms with Gasteiger partial charge in [-0.3, -0.25) is 0 Å². The number of hydrogen-bond donors (Lipinski definition) is 1. The SMILES string of the molecule is COC(=O)c1cc2c(cc1OC)nc(C1(N)CCC1)n2C. The molecule has 0 atom stereocenters. The van der Waals surface area contributed by atoms with Gasteiger partial charge in [-0.05, 0) is 25.3 Å². The molecule has 6 nitrogen and oxygen atoms in total. The van der Waals surface area contributed by atoms with E-state index >= 15 is 0 Å². The van der Waals surface area contributed by atoms with Gasteiger partial charge in [0.1, 0.15) is 17.1 Å². The van der Waals surface area contributed by atoms with Crippen LogP contribution in [0.2, 0.25) is 0 Å². The van der Waals surface area contributed by atoms with Crippen LogP contribution < -0.4 is 10.5 Å². The smallest absolute Gasteiger partial charge is 0.341 e. The van der Waals surface area contributed by atoms with Crippen molar-refractivity contribution in [1.29, 1.82) is 0 Å². The monoisotopic (exact) mass is 289 g/mol. The lowest BCUT2D eigenvalue weighted by Crippen LogP contribution is -2.45. The van der Waals surface area contributed by atoms with E-state index in [1.165, 1.54) is 14.2 Å². The summed E-state index contributed by atoms with van der Waals surface area (Å²) in [5.41, 5.74) is 8.03. The molecule has 0 unspecified atom stereocenters. The van der Waals surface area contributed by atoms with E-state index in [9.17, 15) is 4.79 Å². The second kappa shape index (κ2) is 4.73. The van der Waals surface area contributed by atoms with E-state index in [-0.39, 0.29) is 5.54 Å². The fourth-order valence-corrected chi connectivity index (χ4v) is 2.88. The van der Waals surface area contributed by atoms with Gasteiger partial charge < -0.3 is 19.8 Å². The van der Waals surface area contributed by atoms with E-state index in [1.807, 2.05) is 11.6 Å². The summed E-state index contributed by atoms with van der Waals surface area (Å²) in [6.45, 7) is 0. The third-order valence-electron chi connectivity index (χ3n) is 4.30. The van der Waals surface area contributed by atoms with E-state index in [4.69, 9.17) is 15.2 Å². The summed E-state index contributed by atoms with van der Waals surface area (Å²) in [5.74, 6) is 0.883. The van der Waals surface area contributed by atoms with Crippen molar-refractivity contribution in [3.63, 3.8) is 0 Å². The first-order valence-electron chi connectivity index (χ1n) is 6.92. The molecular weight excluding hydrogens is 270 g/mol. The molecule has 1 aliphatic carbocycles. The molecule has 1 saturated carbocycles. The third-order valence-corrected chi connectivity index (χ3v) is 4.30. The Morgan fingerprint density at radius 3 is 2.62 bits per heavy atom. The molecule has 1 heterocycles. The molecular formula is C15H19N3O3. The van der Waals surface area contributed by atoms with E-state index in [1.54, 1.807) is 12.1 Å². The number of aryl methyl sites for hydroxylation is 1. The molecule has 6 heteroatoms. The first-order chi connectivity index (χ1) is 10.00. The lowest BCUT2D eigenvalue weighted by molar-refractivity contribution is 0.0597. The standard InChI is InChI=1S/C15H19N3O3/c1-18-11-7-9(13(19)21-3)12(20-2)8-10(11)17-14(18)15(16)5-4-6-15/h7-8H,4-6,16H2,1-3H3. The molecule has 0 amide bonds. The molecule has 0 saturated heterocycles. The Bertz CT molecular complexity index is 717. The predicted molar refractivity (Wildman–Crippen MR) is 78.3 cm³/mol.